The van der Waals surface area contributed by atoms with E-state index in [-0.39, 0.29) is 5.57 Å². The van der Waals surface area contributed by atoms with E-state index in [2.05, 4.69) is 15.9 Å². The quantitative estimate of drug-likeness (QED) is 0.363. The van der Waals surface area contributed by atoms with E-state index < -0.39 is 23.5 Å². The van der Waals surface area contributed by atoms with Gasteiger partial charge in [0.25, 0.3) is 5.91 Å². The zero-order valence-corrected chi connectivity index (χ0v) is 19.6. The van der Waals surface area contributed by atoms with Gasteiger partial charge in [-0.15, -0.1) is 0 Å². The second kappa shape index (κ2) is 9.34. The average Bonchev–Trinajstić information content (AvgIpc) is 3.03. The largest absolute Gasteiger partial charge is 0.872 e. The first-order valence-corrected chi connectivity index (χ1v) is 11.4. The van der Waals surface area contributed by atoms with Gasteiger partial charge in [-0.25, -0.2) is 0 Å². The monoisotopic (exact) mass is 500 g/mol. The second-order valence-corrected chi connectivity index (χ2v) is 9.11. The lowest BCUT2D eigenvalue weighted by atomic mass is 9.95. The Bertz CT molecular complexity index is 1060. The van der Waals surface area contributed by atoms with Crippen molar-refractivity contribution < 1.29 is 29.1 Å². The number of amides is 1. The smallest absolute Gasteiger partial charge is 0.295 e. The number of rotatable bonds is 6. The molecule has 1 fully saturated rings. The van der Waals surface area contributed by atoms with Gasteiger partial charge in [-0.05, 0) is 35.4 Å². The molecular weight excluding hydrogens is 476 g/mol. The first-order valence-electron chi connectivity index (χ1n) is 10.6. The summed E-state index contributed by atoms with van der Waals surface area (Å²) in [6, 6.07) is 11.5. The Morgan fingerprint density at radius 3 is 2.47 bits per heavy atom. The van der Waals surface area contributed by atoms with Crippen molar-refractivity contribution in [2.24, 2.45) is 0 Å². The topological polar surface area (TPSA) is 83.3 Å². The van der Waals surface area contributed by atoms with E-state index in [1.807, 2.05) is 38.4 Å². The van der Waals surface area contributed by atoms with E-state index in [0.29, 0.717) is 36.8 Å². The molecule has 2 heterocycles. The molecule has 0 spiro atoms. The molecule has 2 aliphatic heterocycles. The molecule has 7 nitrogen and oxygen atoms in total. The Labute approximate surface area is 195 Å². The van der Waals surface area contributed by atoms with Gasteiger partial charge in [0.2, 0.25) is 5.78 Å². The molecule has 168 valence electrons. The third-order valence-corrected chi connectivity index (χ3v) is 6.12. The Morgan fingerprint density at radius 2 is 1.78 bits per heavy atom. The van der Waals surface area contributed by atoms with Gasteiger partial charge >= 0.3 is 0 Å². The molecule has 32 heavy (non-hydrogen) atoms. The van der Waals surface area contributed by atoms with Crippen LogP contribution in [0.15, 0.2) is 52.5 Å². The van der Waals surface area contributed by atoms with Crippen molar-refractivity contribution in [3.05, 3.63) is 63.6 Å². The summed E-state index contributed by atoms with van der Waals surface area (Å²) in [6.45, 7) is 2.08. The van der Waals surface area contributed by atoms with Crippen LogP contribution in [-0.2, 0) is 9.59 Å². The highest BCUT2D eigenvalue weighted by atomic mass is 79.9. The van der Waals surface area contributed by atoms with Crippen molar-refractivity contribution in [3.63, 3.8) is 0 Å². The van der Waals surface area contributed by atoms with Crippen LogP contribution in [0.2, 0.25) is 0 Å². The molecule has 8 heteroatoms. The van der Waals surface area contributed by atoms with Crippen LogP contribution >= 0.6 is 15.9 Å². The Kier molecular flexibility index (Phi) is 6.53. The van der Waals surface area contributed by atoms with Crippen LogP contribution < -0.4 is 19.5 Å². The fourth-order valence-corrected chi connectivity index (χ4v) is 4.30. The number of nitrogens with zero attached hydrogens (tertiary/aromatic N) is 1. The molecule has 0 radical (unpaired) electrons. The number of nitrogens with one attached hydrogen (secondary N) is 1. The van der Waals surface area contributed by atoms with Crippen LogP contribution in [0.1, 0.15) is 23.6 Å². The summed E-state index contributed by atoms with van der Waals surface area (Å²) in [5.74, 6) is -0.814. The standard InChI is InChI=1S/C24H25BrN2O5/c1-26(2)10-3-11-27-21(15-4-7-17(25)8-5-15)20(23(29)24(27)30)22(28)16-6-9-18-19(14-16)32-13-12-31-18/h4-9,14,21,28H,3,10-13H2,1-2H3. The number of fused-ring (bicyclic) bond motifs is 1. The number of halogens is 1. The van der Waals surface area contributed by atoms with E-state index in [9.17, 15) is 14.7 Å². The Hall–Kier alpha value is -2.84. The Morgan fingerprint density at radius 1 is 1.09 bits per heavy atom. The van der Waals surface area contributed by atoms with Crippen molar-refractivity contribution in [1.82, 2.24) is 4.90 Å². The molecule has 1 saturated heterocycles. The maximum absolute atomic E-state index is 13.5. The molecule has 1 amide bonds. The van der Waals surface area contributed by atoms with Gasteiger partial charge in [-0.1, -0.05) is 39.9 Å². The summed E-state index contributed by atoms with van der Waals surface area (Å²) in [5.41, 5.74) is 1.00. The maximum atomic E-state index is 13.5. The minimum atomic E-state index is -0.741. The number of ketones is 1. The maximum Gasteiger partial charge on any atom is 0.295 e. The number of carbonyl (C=O) groups is 2. The normalized spacial score (nSPS) is 19.6. The minimum absolute atomic E-state index is 0.0220. The summed E-state index contributed by atoms with van der Waals surface area (Å²) in [7, 11) is 4.07. The van der Waals surface area contributed by atoms with E-state index in [1.54, 1.807) is 18.2 Å². The fraction of sp³-hybridized carbons (Fsp3) is 0.333. The summed E-state index contributed by atoms with van der Waals surface area (Å²) in [4.78, 5) is 28.8. The van der Waals surface area contributed by atoms with Crippen molar-refractivity contribution in [2.45, 2.75) is 12.5 Å². The molecule has 0 aromatic heterocycles. The van der Waals surface area contributed by atoms with Gasteiger partial charge in [0.15, 0.2) is 11.5 Å². The van der Waals surface area contributed by atoms with E-state index >= 15 is 0 Å². The van der Waals surface area contributed by atoms with Crippen LogP contribution in [0.5, 0.6) is 11.5 Å². The number of quaternary nitrogens is 1. The Balaban J connectivity index is 1.77. The number of benzene rings is 2. The van der Waals surface area contributed by atoms with Gasteiger partial charge in [0.05, 0.1) is 26.7 Å². The number of Topliss-reactive ketones (excluding diaryl/α,β-unsaturated/α-hetero) is 1. The zero-order valence-electron chi connectivity index (χ0n) is 18.0. The molecule has 2 aliphatic rings. The molecule has 0 bridgehead atoms. The lowest BCUT2D eigenvalue weighted by molar-refractivity contribution is -0.858. The summed E-state index contributed by atoms with van der Waals surface area (Å²) < 4.78 is 12.0. The summed E-state index contributed by atoms with van der Waals surface area (Å²) >= 11 is 3.42. The van der Waals surface area contributed by atoms with Crippen LogP contribution in [0, 0.1) is 0 Å². The van der Waals surface area contributed by atoms with E-state index in [1.165, 1.54) is 9.80 Å². The second-order valence-electron chi connectivity index (χ2n) is 8.19. The number of ether oxygens (including phenoxy) is 2. The SMILES string of the molecule is C[NH+](C)CCCN1C(=O)C(=O)C(=C([O-])c2ccc3c(c2)OCCO3)C1c1ccc(Br)cc1. The first-order chi connectivity index (χ1) is 15.4. The average molecular weight is 501 g/mol. The summed E-state index contributed by atoms with van der Waals surface area (Å²) in [6.07, 6.45) is 0.722. The predicted molar refractivity (Wildman–Crippen MR) is 120 cm³/mol. The summed E-state index contributed by atoms with van der Waals surface area (Å²) in [5, 5.41) is 13.5. The third kappa shape index (κ3) is 4.38. The van der Waals surface area contributed by atoms with Gasteiger partial charge in [-0.2, -0.15) is 0 Å². The molecule has 1 atom stereocenters. The van der Waals surface area contributed by atoms with Crippen LogP contribution in [0.3, 0.4) is 0 Å². The van der Waals surface area contributed by atoms with Crippen LogP contribution in [-0.4, -0.2) is 57.0 Å². The molecule has 2 aromatic rings. The minimum Gasteiger partial charge on any atom is -0.872 e. The molecule has 1 unspecified atom stereocenters. The number of carbonyl (C=O) groups excluding carboxylic acids is 2. The van der Waals surface area contributed by atoms with Crippen molar-refractivity contribution >= 4 is 33.4 Å². The van der Waals surface area contributed by atoms with Gasteiger partial charge in [0.1, 0.15) is 13.2 Å². The zero-order chi connectivity index (χ0) is 22.8. The van der Waals surface area contributed by atoms with Crippen molar-refractivity contribution in [1.29, 1.82) is 0 Å². The molecule has 1 N–H and O–H groups in total. The van der Waals surface area contributed by atoms with Crippen molar-refractivity contribution in [2.75, 3.05) is 40.4 Å². The molecule has 2 aromatic carbocycles. The number of hydrogen-bond acceptors (Lipinski definition) is 5. The van der Waals surface area contributed by atoms with Gasteiger partial charge < -0.3 is 24.4 Å². The van der Waals surface area contributed by atoms with Gasteiger partial charge in [-0.3, -0.25) is 9.59 Å². The number of likely N-dealkylation sites (tertiary alicyclic amines) is 1. The van der Waals surface area contributed by atoms with E-state index in [4.69, 9.17) is 9.47 Å². The molecule has 0 aliphatic carbocycles. The lowest BCUT2D eigenvalue weighted by Crippen LogP contribution is -3.05. The lowest BCUT2D eigenvalue weighted by Gasteiger charge is -2.28. The highest BCUT2D eigenvalue weighted by Gasteiger charge is 2.44. The van der Waals surface area contributed by atoms with E-state index in [0.717, 1.165) is 23.0 Å². The first kappa shape index (κ1) is 22.4. The third-order valence-electron chi connectivity index (χ3n) is 5.60. The fourth-order valence-electron chi connectivity index (χ4n) is 4.04. The predicted octanol–water partition coefficient (Wildman–Crippen LogP) is 0.979. The van der Waals surface area contributed by atoms with Crippen LogP contribution in [0.25, 0.3) is 5.76 Å². The molecule has 4 rings (SSSR count). The highest BCUT2D eigenvalue weighted by Crippen LogP contribution is 2.40. The van der Waals surface area contributed by atoms with Crippen LogP contribution in [0.4, 0.5) is 0 Å². The molecular formula is C24H25BrN2O5. The molecule has 0 saturated carbocycles. The highest BCUT2D eigenvalue weighted by molar-refractivity contribution is 9.10. The van der Waals surface area contributed by atoms with Gasteiger partial charge in [0, 0.05) is 23.0 Å². The van der Waals surface area contributed by atoms with Crippen molar-refractivity contribution in [3.8, 4) is 11.5 Å². The number of hydrogen-bond donors (Lipinski definition) is 1.